The average Bonchev–Trinajstić information content (AvgIpc) is 3.03. The Morgan fingerprint density at radius 2 is 2.18 bits per heavy atom. The van der Waals surface area contributed by atoms with Gasteiger partial charge in [-0.15, -0.1) is 0 Å². The summed E-state index contributed by atoms with van der Waals surface area (Å²) in [6, 6.07) is 0. The zero-order chi connectivity index (χ0) is 16.1. The van der Waals surface area contributed by atoms with Gasteiger partial charge in [0.2, 0.25) is 0 Å². The summed E-state index contributed by atoms with van der Waals surface area (Å²) in [5.41, 5.74) is 5.91. The molecule has 3 aliphatic heterocycles. The van der Waals surface area contributed by atoms with Crippen molar-refractivity contribution in [3.8, 4) is 0 Å². The van der Waals surface area contributed by atoms with Crippen molar-refractivity contribution in [3.05, 3.63) is 0 Å². The van der Waals surface area contributed by atoms with Gasteiger partial charge in [-0.3, -0.25) is 4.99 Å². The predicted octanol–water partition coefficient (Wildman–Crippen LogP) is -2.11. The maximum Gasteiger partial charge on any atom is 0.162 e. The van der Waals surface area contributed by atoms with Crippen LogP contribution in [0.3, 0.4) is 0 Å². The second-order valence-corrected chi connectivity index (χ2v) is 6.02. The number of hydrogen-bond acceptors (Lipinski definition) is 9. The lowest BCUT2D eigenvalue weighted by Crippen LogP contribution is -2.58. The van der Waals surface area contributed by atoms with E-state index >= 15 is 0 Å². The molecule has 122 valence electrons. The highest BCUT2D eigenvalue weighted by molar-refractivity contribution is 6.47. The number of nitrogens with zero attached hydrogens (tertiary/aromatic N) is 4. The topological polar surface area (TPSA) is 136 Å². The molecule has 22 heavy (non-hydrogen) atoms. The van der Waals surface area contributed by atoms with Gasteiger partial charge >= 0.3 is 0 Å². The van der Waals surface area contributed by atoms with Crippen molar-refractivity contribution in [2.24, 2.45) is 26.6 Å². The van der Waals surface area contributed by atoms with E-state index in [1.807, 2.05) is 13.8 Å². The van der Waals surface area contributed by atoms with Gasteiger partial charge in [0.05, 0.1) is 6.61 Å². The van der Waals surface area contributed by atoms with Gasteiger partial charge in [-0.25, -0.2) is 9.98 Å². The number of aliphatic hydroxyl groups excluding tert-OH is 3. The van der Waals surface area contributed by atoms with Crippen molar-refractivity contribution < 1.29 is 20.1 Å². The number of ether oxygens (including phenoxy) is 1. The molecule has 1 fully saturated rings. The summed E-state index contributed by atoms with van der Waals surface area (Å²) in [5.74, 6) is 0.499. The molecule has 3 rings (SSSR count). The summed E-state index contributed by atoms with van der Waals surface area (Å²) < 4.78 is 5.53. The van der Waals surface area contributed by atoms with Crippen molar-refractivity contribution in [3.63, 3.8) is 0 Å². The molecular weight excluding hydrogens is 290 g/mol. The van der Waals surface area contributed by atoms with Crippen molar-refractivity contribution in [1.82, 2.24) is 4.90 Å². The number of aliphatic imine (C=N–C) groups is 3. The lowest BCUT2D eigenvalue weighted by molar-refractivity contribution is -0.0688. The molecule has 9 nitrogen and oxygen atoms in total. The molecule has 0 spiro atoms. The Hall–Kier alpha value is -1.39. The molecule has 1 unspecified atom stereocenters. The zero-order valence-corrected chi connectivity index (χ0v) is 12.5. The Morgan fingerprint density at radius 3 is 2.77 bits per heavy atom. The fourth-order valence-corrected chi connectivity index (χ4v) is 2.86. The van der Waals surface area contributed by atoms with E-state index in [4.69, 9.17) is 10.5 Å². The summed E-state index contributed by atoms with van der Waals surface area (Å²) in [4.78, 5) is 14.5. The van der Waals surface area contributed by atoms with Crippen LogP contribution in [0.1, 0.15) is 13.8 Å². The number of rotatable bonds is 3. The van der Waals surface area contributed by atoms with E-state index in [-0.39, 0.29) is 19.2 Å². The first-order valence-corrected chi connectivity index (χ1v) is 7.25. The monoisotopic (exact) mass is 311 g/mol. The maximum atomic E-state index is 10.2. The van der Waals surface area contributed by atoms with Crippen LogP contribution in [0.2, 0.25) is 0 Å². The highest BCUT2D eigenvalue weighted by Crippen LogP contribution is 2.30. The number of hydrogen-bond donors (Lipinski definition) is 4. The van der Waals surface area contributed by atoms with Crippen LogP contribution in [0, 0.1) is 5.92 Å². The minimum atomic E-state index is -1.17. The van der Waals surface area contributed by atoms with Crippen LogP contribution in [0.25, 0.3) is 0 Å². The van der Waals surface area contributed by atoms with Gasteiger partial charge in [-0.2, -0.15) is 0 Å². The standard InChI is InChI=1S/C13H21N5O4/c1-6(2)13(14)10-11(15-4-17-13)18(5-16-10)12-9(21)8(20)7(3-19)22-12/h4,6-9,12,19-21H,3,5,14H2,1-2H3/t7-,8-,9-,12-,13?/m1/s1. The molecule has 0 amide bonds. The summed E-state index contributed by atoms with van der Waals surface area (Å²) in [6.07, 6.45) is -2.62. The van der Waals surface area contributed by atoms with Crippen molar-refractivity contribution in [1.29, 1.82) is 0 Å². The van der Waals surface area contributed by atoms with Gasteiger partial charge in [0, 0.05) is 0 Å². The van der Waals surface area contributed by atoms with Gasteiger partial charge in [0.1, 0.15) is 37.0 Å². The minimum Gasteiger partial charge on any atom is -0.394 e. The first kappa shape index (κ1) is 15.5. The quantitative estimate of drug-likeness (QED) is 0.471. The van der Waals surface area contributed by atoms with Gasteiger partial charge in [-0.05, 0) is 5.92 Å². The third-order valence-corrected chi connectivity index (χ3v) is 4.40. The Bertz CT molecular complexity index is 549. The van der Waals surface area contributed by atoms with Crippen LogP contribution in [0.4, 0.5) is 0 Å². The van der Waals surface area contributed by atoms with Gasteiger partial charge in [-0.1, -0.05) is 13.8 Å². The van der Waals surface area contributed by atoms with E-state index in [0.29, 0.717) is 11.5 Å². The van der Waals surface area contributed by atoms with Crippen LogP contribution in [0.5, 0.6) is 0 Å². The smallest absolute Gasteiger partial charge is 0.162 e. The SMILES string of the molecule is CC(C)C1(N)N=CN=C2C1=NCN2[C@@H]1O[C@H](CO)[C@@H](O)[C@H]1O. The fraction of sp³-hybridized carbons (Fsp3) is 0.769. The second kappa shape index (κ2) is 5.36. The van der Waals surface area contributed by atoms with E-state index in [1.54, 1.807) is 4.90 Å². The molecule has 3 heterocycles. The number of fused-ring (bicyclic) bond motifs is 1. The Balaban J connectivity index is 1.86. The van der Waals surface area contributed by atoms with E-state index in [0.717, 1.165) is 0 Å². The first-order valence-electron chi connectivity index (χ1n) is 7.25. The van der Waals surface area contributed by atoms with Crippen LogP contribution >= 0.6 is 0 Å². The Morgan fingerprint density at radius 1 is 1.45 bits per heavy atom. The summed E-state index contributed by atoms with van der Waals surface area (Å²) >= 11 is 0. The van der Waals surface area contributed by atoms with E-state index in [2.05, 4.69) is 15.0 Å². The molecule has 0 aromatic rings. The molecule has 0 aromatic heterocycles. The van der Waals surface area contributed by atoms with Crippen molar-refractivity contribution in [2.75, 3.05) is 13.3 Å². The van der Waals surface area contributed by atoms with Crippen LogP contribution in [0.15, 0.2) is 15.0 Å². The van der Waals surface area contributed by atoms with Gasteiger partial charge in [0.15, 0.2) is 17.7 Å². The molecule has 3 aliphatic rings. The molecule has 9 heteroatoms. The largest absolute Gasteiger partial charge is 0.394 e. The Labute approximate surface area is 127 Å². The molecule has 0 saturated carbocycles. The molecule has 1 saturated heterocycles. The van der Waals surface area contributed by atoms with E-state index < -0.39 is 30.2 Å². The van der Waals surface area contributed by atoms with E-state index in [1.165, 1.54) is 6.34 Å². The van der Waals surface area contributed by atoms with Crippen LogP contribution in [-0.2, 0) is 4.74 Å². The number of nitrogens with two attached hydrogens (primary N) is 1. The second-order valence-electron chi connectivity index (χ2n) is 6.02. The molecule has 0 aliphatic carbocycles. The lowest BCUT2D eigenvalue weighted by Gasteiger charge is -2.34. The highest BCUT2D eigenvalue weighted by Gasteiger charge is 2.51. The first-order chi connectivity index (χ1) is 10.4. The minimum absolute atomic E-state index is 0.0122. The summed E-state index contributed by atoms with van der Waals surface area (Å²) in [7, 11) is 0. The van der Waals surface area contributed by atoms with Gasteiger partial charge in [0.25, 0.3) is 0 Å². The average molecular weight is 311 g/mol. The van der Waals surface area contributed by atoms with Crippen molar-refractivity contribution in [2.45, 2.75) is 44.1 Å². The number of amidine groups is 1. The molecular formula is C13H21N5O4. The maximum absolute atomic E-state index is 10.2. The third kappa shape index (κ3) is 2.09. The molecule has 5 atom stereocenters. The molecule has 5 N–H and O–H groups in total. The van der Waals surface area contributed by atoms with Crippen molar-refractivity contribution >= 4 is 17.9 Å². The molecule has 0 aromatic carbocycles. The van der Waals surface area contributed by atoms with Gasteiger partial charge < -0.3 is 30.7 Å². The summed E-state index contributed by atoms with van der Waals surface area (Å²) in [5, 5.41) is 29.2. The fourth-order valence-electron chi connectivity index (χ4n) is 2.86. The van der Waals surface area contributed by atoms with Crippen LogP contribution in [-0.4, -0.2) is 81.6 Å². The zero-order valence-electron chi connectivity index (χ0n) is 12.5. The van der Waals surface area contributed by atoms with E-state index in [9.17, 15) is 15.3 Å². The lowest BCUT2D eigenvalue weighted by atomic mass is 9.91. The highest BCUT2D eigenvalue weighted by atomic mass is 16.6. The molecule has 0 radical (unpaired) electrons. The Kier molecular flexibility index (Phi) is 3.77. The normalized spacial score (nSPS) is 41.0. The predicted molar refractivity (Wildman–Crippen MR) is 79.6 cm³/mol. The molecule has 0 bridgehead atoms. The summed E-state index contributed by atoms with van der Waals surface area (Å²) in [6.45, 7) is 3.71. The van der Waals surface area contributed by atoms with Crippen LogP contribution < -0.4 is 5.73 Å². The third-order valence-electron chi connectivity index (χ3n) is 4.40. The number of aliphatic hydroxyl groups is 3.